The van der Waals surface area contributed by atoms with Crippen molar-refractivity contribution in [3.05, 3.63) is 29.8 Å². The number of carboxylic acids is 1. The van der Waals surface area contributed by atoms with Crippen molar-refractivity contribution in [1.29, 1.82) is 0 Å². The average molecular weight is 291 g/mol. The Morgan fingerprint density at radius 1 is 1.38 bits per heavy atom. The zero-order valence-electron chi connectivity index (χ0n) is 11.7. The van der Waals surface area contributed by atoms with Gasteiger partial charge in [-0.15, -0.1) is 0 Å². The zero-order valence-corrected chi connectivity index (χ0v) is 11.7. The molecule has 112 valence electrons. The molecule has 0 saturated carbocycles. The summed E-state index contributed by atoms with van der Waals surface area (Å²) in [6.07, 6.45) is 3.50. The number of carbonyl (C=O) groups is 2. The highest BCUT2D eigenvalue weighted by atomic mass is 16.7. The van der Waals surface area contributed by atoms with Gasteiger partial charge in [-0.05, 0) is 30.2 Å². The largest absolute Gasteiger partial charge is 0.481 e. The molecule has 1 atom stereocenters. The highest BCUT2D eigenvalue weighted by molar-refractivity contribution is 5.92. The van der Waals surface area contributed by atoms with Crippen LogP contribution in [0.25, 0.3) is 6.08 Å². The third kappa shape index (κ3) is 4.24. The van der Waals surface area contributed by atoms with Crippen molar-refractivity contribution in [2.45, 2.75) is 25.8 Å². The van der Waals surface area contributed by atoms with Crippen LogP contribution >= 0.6 is 0 Å². The van der Waals surface area contributed by atoms with Crippen LogP contribution in [0.2, 0.25) is 0 Å². The van der Waals surface area contributed by atoms with Crippen LogP contribution in [0.4, 0.5) is 0 Å². The third-order valence-electron chi connectivity index (χ3n) is 3.08. The SMILES string of the molecule is CCC(CC(=O)O)NC(=O)/C=C/c1ccc2c(c1)OCO2. The highest BCUT2D eigenvalue weighted by Crippen LogP contribution is 2.32. The molecule has 0 spiro atoms. The Bertz CT molecular complexity index is 567. The van der Waals surface area contributed by atoms with Crippen LogP contribution in [0.15, 0.2) is 24.3 Å². The number of aliphatic carboxylic acids is 1. The van der Waals surface area contributed by atoms with Crippen LogP contribution in [-0.2, 0) is 9.59 Å². The molecule has 21 heavy (non-hydrogen) atoms. The number of amides is 1. The van der Waals surface area contributed by atoms with Gasteiger partial charge >= 0.3 is 5.97 Å². The number of fused-ring (bicyclic) bond motifs is 1. The lowest BCUT2D eigenvalue weighted by molar-refractivity contribution is -0.137. The van der Waals surface area contributed by atoms with Gasteiger partial charge in [0.15, 0.2) is 11.5 Å². The van der Waals surface area contributed by atoms with E-state index in [1.54, 1.807) is 18.2 Å². The van der Waals surface area contributed by atoms with Gasteiger partial charge in [-0.1, -0.05) is 13.0 Å². The Labute approximate surface area is 122 Å². The van der Waals surface area contributed by atoms with E-state index in [-0.39, 0.29) is 25.2 Å². The van der Waals surface area contributed by atoms with Gasteiger partial charge in [0, 0.05) is 12.1 Å². The molecule has 1 aromatic carbocycles. The van der Waals surface area contributed by atoms with Crippen molar-refractivity contribution in [2.24, 2.45) is 0 Å². The first-order chi connectivity index (χ1) is 10.1. The second-order valence-electron chi connectivity index (χ2n) is 4.66. The molecule has 2 rings (SSSR count). The third-order valence-corrected chi connectivity index (χ3v) is 3.08. The molecule has 0 aliphatic carbocycles. The predicted octanol–water partition coefficient (Wildman–Crippen LogP) is 1.80. The van der Waals surface area contributed by atoms with Gasteiger partial charge in [-0.25, -0.2) is 0 Å². The Kier molecular flexibility index (Phi) is 4.81. The first-order valence-electron chi connectivity index (χ1n) is 6.68. The van der Waals surface area contributed by atoms with Crippen LogP contribution in [-0.4, -0.2) is 29.8 Å². The molecule has 0 aromatic heterocycles. The Balaban J connectivity index is 1.94. The number of hydrogen-bond acceptors (Lipinski definition) is 4. The minimum Gasteiger partial charge on any atom is -0.481 e. The zero-order chi connectivity index (χ0) is 15.2. The van der Waals surface area contributed by atoms with Gasteiger partial charge in [0.1, 0.15) is 0 Å². The molecule has 0 saturated heterocycles. The quantitative estimate of drug-likeness (QED) is 0.781. The van der Waals surface area contributed by atoms with Crippen LogP contribution < -0.4 is 14.8 Å². The summed E-state index contributed by atoms with van der Waals surface area (Å²) in [5, 5.41) is 11.4. The fraction of sp³-hybridized carbons (Fsp3) is 0.333. The van der Waals surface area contributed by atoms with Crippen LogP contribution in [0.1, 0.15) is 25.3 Å². The minimum atomic E-state index is -0.929. The lowest BCUT2D eigenvalue weighted by Crippen LogP contribution is -2.34. The summed E-state index contributed by atoms with van der Waals surface area (Å²) in [7, 11) is 0. The maximum Gasteiger partial charge on any atom is 0.305 e. The summed E-state index contributed by atoms with van der Waals surface area (Å²) in [5.41, 5.74) is 0.806. The molecule has 0 bridgehead atoms. The van der Waals surface area contributed by atoms with Gasteiger partial charge in [0.25, 0.3) is 0 Å². The molecule has 1 aliphatic heterocycles. The lowest BCUT2D eigenvalue weighted by Gasteiger charge is -2.12. The number of benzene rings is 1. The van der Waals surface area contributed by atoms with Gasteiger partial charge < -0.3 is 19.9 Å². The van der Waals surface area contributed by atoms with Crippen molar-refractivity contribution in [3.8, 4) is 11.5 Å². The molecule has 1 unspecified atom stereocenters. The summed E-state index contributed by atoms with van der Waals surface area (Å²) < 4.78 is 10.5. The number of ether oxygens (including phenoxy) is 2. The number of carboxylic acid groups (broad SMARTS) is 1. The second-order valence-corrected chi connectivity index (χ2v) is 4.66. The lowest BCUT2D eigenvalue weighted by atomic mass is 10.1. The fourth-order valence-corrected chi connectivity index (χ4v) is 1.95. The van der Waals surface area contributed by atoms with Gasteiger partial charge in [-0.3, -0.25) is 9.59 Å². The van der Waals surface area contributed by atoms with E-state index < -0.39 is 5.97 Å². The van der Waals surface area contributed by atoms with Crippen molar-refractivity contribution in [1.82, 2.24) is 5.32 Å². The monoisotopic (exact) mass is 291 g/mol. The molecule has 0 fully saturated rings. The van der Waals surface area contributed by atoms with E-state index in [4.69, 9.17) is 14.6 Å². The van der Waals surface area contributed by atoms with Crippen LogP contribution in [0.5, 0.6) is 11.5 Å². The summed E-state index contributed by atoms with van der Waals surface area (Å²) in [6, 6.07) is 5.00. The maximum atomic E-state index is 11.8. The highest BCUT2D eigenvalue weighted by Gasteiger charge is 2.13. The van der Waals surface area contributed by atoms with Gasteiger partial charge in [0.2, 0.25) is 12.7 Å². The van der Waals surface area contributed by atoms with Crippen molar-refractivity contribution in [3.63, 3.8) is 0 Å². The Hall–Kier alpha value is -2.50. The molecule has 1 amide bonds. The van der Waals surface area contributed by atoms with E-state index >= 15 is 0 Å². The normalized spacial score (nSPS) is 14.1. The van der Waals surface area contributed by atoms with E-state index in [0.29, 0.717) is 17.9 Å². The van der Waals surface area contributed by atoms with E-state index in [2.05, 4.69) is 5.32 Å². The molecule has 2 N–H and O–H groups in total. The summed E-state index contributed by atoms with van der Waals surface area (Å²) in [4.78, 5) is 22.4. The molecule has 1 aromatic rings. The number of carbonyl (C=O) groups excluding carboxylic acids is 1. The summed E-state index contributed by atoms with van der Waals surface area (Å²) in [5.74, 6) is 0.0849. The number of hydrogen-bond donors (Lipinski definition) is 2. The second kappa shape index (κ2) is 6.78. The van der Waals surface area contributed by atoms with Crippen molar-refractivity contribution < 1.29 is 24.2 Å². The molecular formula is C15H17NO5. The maximum absolute atomic E-state index is 11.8. The molecule has 6 heteroatoms. The first-order valence-corrected chi connectivity index (χ1v) is 6.68. The Morgan fingerprint density at radius 2 is 2.14 bits per heavy atom. The smallest absolute Gasteiger partial charge is 0.305 e. The molecule has 0 radical (unpaired) electrons. The molecule has 6 nitrogen and oxygen atoms in total. The van der Waals surface area contributed by atoms with Crippen molar-refractivity contribution in [2.75, 3.05) is 6.79 Å². The number of nitrogens with one attached hydrogen (secondary N) is 1. The van der Waals surface area contributed by atoms with Gasteiger partial charge in [0.05, 0.1) is 6.42 Å². The van der Waals surface area contributed by atoms with E-state index in [1.165, 1.54) is 6.08 Å². The average Bonchev–Trinajstić information content (AvgIpc) is 2.91. The topological polar surface area (TPSA) is 84.9 Å². The van der Waals surface area contributed by atoms with Crippen LogP contribution in [0, 0.1) is 0 Å². The molecular weight excluding hydrogens is 274 g/mol. The fourth-order valence-electron chi connectivity index (χ4n) is 1.95. The number of rotatable bonds is 6. The first kappa shape index (κ1) is 14.9. The summed E-state index contributed by atoms with van der Waals surface area (Å²) in [6.45, 7) is 2.03. The predicted molar refractivity (Wildman–Crippen MR) is 76.1 cm³/mol. The molecule has 1 heterocycles. The van der Waals surface area contributed by atoms with Crippen LogP contribution in [0.3, 0.4) is 0 Å². The summed E-state index contributed by atoms with van der Waals surface area (Å²) >= 11 is 0. The van der Waals surface area contributed by atoms with Gasteiger partial charge in [-0.2, -0.15) is 0 Å². The molecule has 1 aliphatic rings. The standard InChI is InChI=1S/C15H17NO5/c1-2-11(8-15(18)19)16-14(17)6-4-10-3-5-12-13(7-10)21-9-20-12/h3-7,11H,2,8-9H2,1H3,(H,16,17)(H,18,19)/b6-4+. The van der Waals surface area contributed by atoms with E-state index in [9.17, 15) is 9.59 Å². The van der Waals surface area contributed by atoms with Crippen molar-refractivity contribution >= 4 is 18.0 Å². The van der Waals surface area contributed by atoms with E-state index in [1.807, 2.05) is 13.0 Å². The van der Waals surface area contributed by atoms with E-state index in [0.717, 1.165) is 5.56 Å². The Morgan fingerprint density at radius 3 is 2.86 bits per heavy atom. The minimum absolute atomic E-state index is 0.0832.